The topological polar surface area (TPSA) is 73.8 Å². The fraction of sp³-hybridized carbons (Fsp3) is 0.182. The fourth-order valence-corrected chi connectivity index (χ4v) is 3.31. The molecule has 0 aliphatic heterocycles. The van der Waals surface area contributed by atoms with E-state index in [2.05, 4.69) is 15.2 Å². The molecule has 7 heteroatoms. The molecule has 0 atom stereocenters. The largest absolute Gasteiger partial charge is 0.339 e. The molecule has 0 bridgehead atoms. The van der Waals surface area contributed by atoms with E-state index >= 15 is 0 Å². The van der Waals surface area contributed by atoms with Crippen molar-refractivity contribution in [3.63, 3.8) is 0 Å². The zero-order chi connectivity index (χ0) is 20.2. The van der Waals surface area contributed by atoms with Gasteiger partial charge in [-0.15, -0.1) is 11.8 Å². The van der Waals surface area contributed by atoms with Gasteiger partial charge in [0.15, 0.2) is 0 Å². The molecule has 29 heavy (non-hydrogen) atoms. The van der Waals surface area contributed by atoms with E-state index in [4.69, 9.17) is 4.52 Å². The van der Waals surface area contributed by atoms with Gasteiger partial charge < -0.3 is 4.52 Å². The molecule has 0 saturated carbocycles. The Bertz CT molecular complexity index is 1160. The highest BCUT2D eigenvalue weighted by Crippen LogP contribution is 2.21. The van der Waals surface area contributed by atoms with Crippen LogP contribution in [-0.2, 0) is 13.0 Å². The Kier molecular flexibility index (Phi) is 5.57. The molecular formula is C22H20N4O2S. The molecular weight excluding hydrogens is 384 g/mol. The summed E-state index contributed by atoms with van der Waals surface area (Å²) in [6.45, 7) is 2.40. The van der Waals surface area contributed by atoms with Crippen LogP contribution in [-0.4, -0.2) is 26.2 Å². The number of aryl methyl sites for hydroxylation is 3. The minimum Gasteiger partial charge on any atom is -0.339 e. The van der Waals surface area contributed by atoms with Crippen molar-refractivity contribution in [2.45, 2.75) is 24.8 Å². The minimum absolute atomic E-state index is 0.159. The Labute approximate surface area is 172 Å². The van der Waals surface area contributed by atoms with Gasteiger partial charge >= 0.3 is 0 Å². The van der Waals surface area contributed by atoms with Gasteiger partial charge in [0.25, 0.3) is 5.56 Å². The van der Waals surface area contributed by atoms with E-state index in [-0.39, 0.29) is 5.56 Å². The predicted molar refractivity (Wildman–Crippen MR) is 114 cm³/mol. The maximum atomic E-state index is 12.2. The minimum atomic E-state index is -0.159. The summed E-state index contributed by atoms with van der Waals surface area (Å²) < 4.78 is 6.79. The van der Waals surface area contributed by atoms with Gasteiger partial charge in [0.05, 0.1) is 12.2 Å². The van der Waals surface area contributed by atoms with Crippen LogP contribution >= 0.6 is 11.8 Å². The van der Waals surface area contributed by atoms with E-state index < -0.39 is 0 Å². The van der Waals surface area contributed by atoms with Gasteiger partial charge in [-0.3, -0.25) is 4.79 Å². The first-order valence-electron chi connectivity index (χ1n) is 9.24. The zero-order valence-electron chi connectivity index (χ0n) is 16.2. The maximum absolute atomic E-state index is 12.2. The Balaban J connectivity index is 1.49. The second kappa shape index (κ2) is 8.45. The molecule has 0 aliphatic carbocycles. The Morgan fingerprint density at radius 2 is 1.69 bits per heavy atom. The first-order chi connectivity index (χ1) is 14.1. The van der Waals surface area contributed by atoms with E-state index in [1.165, 1.54) is 21.2 Å². The SMILES string of the molecule is CSc1ccc(-c2noc(CCn3nc(-c4ccc(C)cc4)ccc3=O)n2)cc1. The van der Waals surface area contributed by atoms with Gasteiger partial charge in [0.2, 0.25) is 11.7 Å². The van der Waals surface area contributed by atoms with E-state index in [9.17, 15) is 4.79 Å². The fourth-order valence-electron chi connectivity index (χ4n) is 2.90. The van der Waals surface area contributed by atoms with Gasteiger partial charge in [-0.1, -0.05) is 35.0 Å². The third-order valence-electron chi connectivity index (χ3n) is 4.57. The van der Waals surface area contributed by atoms with Crippen molar-refractivity contribution < 1.29 is 4.52 Å². The summed E-state index contributed by atoms with van der Waals surface area (Å²) in [5, 5.41) is 8.53. The summed E-state index contributed by atoms with van der Waals surface area (Å²) in [7, 11) is 0. The molecule has 2 aromatic carbocycles. The first-order valence-corrected chi connectivity index (χ1v) is 10.5. The van der Waals surface area contributed by atoms with Crippen LogP contribution in [0.2, 0.25) is 0 Å². The van der Waals surface area contributed by atoms with Crippen LogP contribution in [0.4, 0.5) is 0 Å². The number of hydrogen-bond donors (Lipinski definition) is 0. The predicted octanol–water partition coefficient (Wildman–Crippen LogP) is 4.23. The maximum Gasteiger partial charge on any atom is 0.266 e. The summed E-state index contributed by atoms with van der Waals surface area (Å²) in [5.74, 6) is 1.02. The second-order valence-electron chi connectivity index (χ2n) is 6.64. The van der Waals surface area contributed by atoms with E-state index in [1.54, 1.807) is 17.8 Å². The lowest BCUT2D eigenvalue weighted by molar-refractivity contribution is 0.368. The highest BCUT2D eigenvalue weighted by molar-refractivity contribution is 7.98. The van der Waals surface area contributed by atoms with Gasteiger partial charge in [-0.2, -0.15) is 10.1 Å². The van der Waals surface area contributed by atoms with E-state index in [1.807, 2.05) is 61.7 Å². The highest BCUT2D eigenvalue weighted by atomic mass is 32.2. The number of thioether (sulfide) groups is 1. The molecule has 2 aromatic heterocycles. The molecule has 0 unspecified atom stereocenters. The Morgan fingerprint density at radius 3 is 2.41 bits per heavy atom. The Morgan fingerprint density at radius 1 is 0.966 bits per heavy atom. The lowest BCUT2D eigenvalue weighted by Crippen LogP contribution is -2.23. The average Bonchev–Trinajstić information content (AvgIpc) is 3.23. The molecule has 0 fully saturated rings. The number of nitrogens with zero attached hydrogens (tertiary/aromatic N) is 4. The van der Waals surface area contributed by atoms with Crippen LogP contribution < -0.4 is 5.56 Å². The van der Waals surface area contributed by atoms with E-state index in [0.29, 0.717) is 24.7 Å². The zero-order valence-corrected chi connectivity index (χ0v) is 17.0. The summed E-state index contributed by atoms with van der Waals surface area (Å²) in [6, 6.07) is 19.3. The van der Waals surface area contributed by atoms with Crippen molar-refractivity contribution in [2.75, 3.05) is 6.26 Å². The summed E-state index contributed by atoms with van der Waals surface area (Å²) in [5.41, 5.74) is 3.64. The van der Waals surface area contributed by atoms with Gasteiger partial charge in [0, 0.05) is 28.5 Å². The number of hydrogen-bond acceptors (Lipinski definition) is 6. The van der Waals surface area contributed by atoms with Crippen molar-refractivity contribution in [3.05, 3.63) is 82.5 Å². The number of benzene rings is 2. The average molecular weight is 404 g/mol. The molecule has 0 aliphatic rings. The van der Waals surface area contributed by atoms with Gasteiger partial charge in [-0.25, -0.2) is 4.68 Å². The number of rotatable bonds is 6. The molecule has 4 aromatic rings. The van der Waals surface area contributed by atoms with Crippen LogP contribution in [0.15, 0.2) is 74.9 Å². The molecule has 2 heterocycles. The molecule has 0 saturated heterocycles. The highest BCUT2D eigenvalue weighted by Gasteiger charge is 2.10. The second-order valence-corrected chi connectivity index (χ2v) is 7.52. The van der Waals surface area contributed by atoms with Gasteiger partial charge in [0.1, 0.15) is 0 Å². The summed E-state index contributed by atoms with van der Waals surface area (Å²) in [4.78, 5) is 17.8. The van der Waals surface area contributed by atoms with Crippen LogP contribution in [0.25, 0.3) is 22.6 Å². The summed E-state index contributed by atoms with van der Waals surface area (Å²) in [6.07, 6.45) is 2.46. The standard InChI is InChI=1S/C22H20N4O2S/c1-15-3-5-16(6-4-15)19-11-12-21(27)26(24-19)14-13-20-23-22(25-28-20)17-7-9-18(29-2)10-8-17/h3-12H,13-14H2,1-2H3. The van der Waals surface area contributed by atoms with Crippen LogP contribution in [0.1, 0.15) is 11.5 Å². The third-order valence-corrected chi connectivity index (χ3v) is 5.31. The Hall–Kier alpha value is -3.19. The molecule has 0 radical (unpaired) electrons. The smallest absolute Gasteiger partial charge is 0.266 e. The van der Waals surface area contributed by atoms with Crippen molar-refractivity contribution >= 4 is 11.8 Å². The molecule has 6 nitrogen and oxygen atoms in total. The van der Waals surface area contributed by atoms with Crippen molar-refractivity contribution in [3.8, 4) is 22.6 Å². The monoisotopic (exact) mass is 404 g/mol. The van der Waals surface area contributed by atoms with Crippen molar-refractivity contribution in [1.82, 2.24) is 19.9 Å². The quantitative estimate of drug-likeness (QED) is 0.448. The van der Waals surface area contributed by atoms with Crippen molar-refractivity contribution in [2.24, 2.45) is 0 Å². The summed E-state index contributed by atoms with van der Waals surface area (Å²) >= 11 is 1.68. The molecule has 146 valence electrons. The molecule has 0 N–H and O–H groups in total. The van der Waals surface area contributed by atoms with Crippen LogP contribution in [0.3, 0.4) is 0 Å². The molecule has 0 spiro atoms. The third kappa shape index (κ3) is 4.46. The van der Waals surface area contributed by atoms with Crippen LogP contribution in [0.5, 0.6) is 0 Å². The van der Waals surface area contributed by atoms with Gasteiger partial charge in [-0.05, 0) is 43.5 Å². The van der Waals surface area contributed by atoms with Crippen LogP contribution in [0, 0.1) is 6.92 Å². The normalized spacial score (nSPS) is 11.0. The lowest BCUT2D eigenvalue weighted by atomic mass is 10.1. The first kappa shape index (κ1) is 19.1. The number of aromatic nitrogens is 4. The van der Waals surface area contributed by atoms with E-state index in [0.717, 1.165) is 16.8 Å². The molecule has 0 amide bonds. The van der Waals surface area contributed by atoms with Crippen molar-refractivity contribution in [1.29, 1.82) is 0 Å². The molecule has 4 rings (SSSR count). The lowest BCUT2D eigenvalue weighted by Gasteiger charge is -2.06.